The number of pyridine rings is 1. The summed E-state index contributed by atoms with van der Waals surface area (Å²) in [7, 11) is 0. The highest BCUT2D eigenvalue weighted by Crippen LogP contribution is 2.31. The molecule has 18 heavy (non-hydrogen) atoms. The Hall–Kier alpha value is -1.03. The second-order valence-electron chi connectivity index (χ2n) is 4.84. The van der Waals surface area contributed by atoms with Crippen molar-refractivity contribution in [2.75, 3.05) is 11.4 Å². The van der Waals surface area contributed by atoms with Crippen molar-refractivity contribution in [2.24, 2.45) is 0 Å². The van der Waals surface area contributed by atoms with Crippen LogP contribution in [-0.2, 0) is 5.33 Å². The summed E-state index contributed by atoms with van der Waals surface area (Å²) < 4.78 is 2.19. The largest absolute Gasteiger partial charge is 0.352 e. The quantitative estimate of drug-likeness (QED) is 0.808. The summed E-state index contributed by atoms with van der Waals surface area (Å²) in [6.45, 7) is 3.41. The molecular formula is C14H18BrN3. The fourth-order valence-electron chi connectivity index (χ4n) is 2.93. The summed E-state index contributed by atoms with van der Waals surface area (Å²) in [6.07, 6.45) is 5.88. The summed E-state index contributed by atoms with van der Waals surface area (Å²) in [5.74, 6) is 1.17. The van der Waals surface area contributed by atoms with Crippen molar-refractivity contribution in [3.8, 4) is 0 Å². The van der Waals surface area contributed by atoms with Gasteiger partial charge in [-0.1, -0.05) is 28.9 Å². The van der Waals surface area contributed by atoms with Crippen LogP contribution >= 0.6 is 15.9 Å². The van der Waals surface area contributed by atoms with Crippen molar-refractivity contribution in [1.29, 1.82) is 0 Å². The fraction of sp³-hybridized carbons (Fsp3) is 0.500. The third kappa shape index (κ3) is 1.83. The summed E-state index contributed by atoms with van der Waals surface area (Å²) in [5, 5.41) is 0.848. The second kappa shape index (κ2) is 4.92. The van der Waals surface area contributed by atoms with Crippen molar-refractivity contribution in [3.05, 3.63) is 30.1 Å². The van der Waals surface area contributed by atoms with Crippen LogP contribution in [-0.4, -0.2) is 22.0 Å². The minimum Gasteiger partial charge on any atom is -0.352 e. The van der Waals surface area contributed by atoms with Gasteiger partial charge in [-0.05, 0) is 31.4 Å². The summed E-state index contributed by atoms with van der Waals surface area (Å²) in [5.41, 5.74) is 2.31. The number of hydrogen-bond acceptors (Lipinski definition) is 2. The van der Waals surface area contributed by atoms with E-state index in [1.807, 2.05) is 6.07 Å². The third-order valence-electron chi connectivity index (χ3n) is 3.85. The molecule has 3 nitrogen and oxygen atoms in total. The molecule has 0 amide bonds. The van der Waals surface area contributed by atoms with Crippen LogP contribution in [0, 0.1) is 0 Å². The minimum atomic E-state index is 0.660. The Balaban J connectivity index is 2.10. The molecule has 0 N–H and O–H groups in total. The molecule has 1 aliphatic rings. The number of halogens is 1. The maximum absolute atomic E-state index is 4.82. The molecule has 1 unspecified atom stereocenters. The lowest BCUT2D eigenvalue weighted by Gasteiger charge is -2.24. The van der Waals surface area contributed by atoms with Crippen LogP contribution in [0.2, 0.25) is 0 Å². The van der Waals surface area contributed by atoms with Crippen LogP contribution in [0.5, 0.6) is 0 Å². The van der Waals surface area contributed by atoms with E-state index in [2.05, 4.69) is 50.5 Å². The van der Waals surface area contributed by atoms with Crippen molar-refractivity contribution in [3.63, 3.8) is 0 Å². The predicted octanol–water partition coefficient (Wildman–Crippen LogP) is 3.61. The molecule has 96 valence electrons. The zero-order chi connectivity index (χ0) is 12.5. The number of imidazole rings is 1. The average molecular weight is 308 g/mol. The lowest BCUT2D eigenvalue weighted by atomic mass is 10.2. The lowest BCUT2D eigenvalue weighted by Crippen LogP contribution is -2.29. The zero-order valence-electron chi connectivity index (χ0n) is 10.6. The number of rotatable bonds is 3. The Morgan fingerprint density at radius 3 is 3.11 bits per heavy atom. The molecule has 0 radical (unpaired) electrons. The third-order valence-corrected chi connectivity index (χ3v) is 4.39. The number of alkyl halides is 1. The molecule has 1 fully saturated rings. The highest BCUT2D eigenvalue weighted by atomic mass is 79.9. The molecule has 0 saturated carbocycles. The van der Waals surface area contributed by atoms with Gasteiger partial charge in [0.25, 0.3) is 0 Å². The van der Waals surface area contributed by atoms with Gasteiger partial charge in [-0.3, -0.25) is 0 Å². The summed E-state index contributed by atoms with van der Waals surface area (Å²) >= 11 is 3.61. The second-order valence-corrected chi connectivity index (χ2v) is 5.40. The molecule has 2 aromatic heterocycles. The average Bonchev–Trinajstić information content (AvgIpc) is 3.01. The first-order valence-corrected chi connectivity index (χ1v) is 7.76. The van der Waals surface area contributed by atoms with E-state index in [1.165, 1.54) is 30.8 Å². The van der Waals surface area contributed by atoms with Gasteiger partial charge in [0.05, 0.1) is 5.69 Å². The number of aromatic nitrogens is 2. The lowest BCUT2D eigenvalue weighted by molar-refractivity contribution is 0.640. The van der Waals surface area contributed by atoms with Crippen molar-refractivity contribution < 1.29 is 0 Å². The number of anilines is 1. The molecule has 0 aromatic carbocycles. The normalized spacial score (nSPS) is 19.9. The van der Waals surface area contributed by atoms with Gasteiger partial charge in [0, 0.05) is 24.1 Å². The highest BCUT2D eigenvalue weighted by Gasteiger charge is 2.27. The van der Waals surface area contributed by atoms with Gasteiger partial charge in [-0.2, -0.15) is 0 Å². The van der Waals surface area contributed by atoms with Crippen LogP contribution in [0.1, 0.15) is 31.9 Å². The van der Waals surface area contributed by atoms with Gasteiger partial charge >= 0.3 is 0 Å². The monoisotopic (exact) mass is 307 g/mol. The van der Waals surface area contributed by atoms with E-state index in [-0.39, 0.29) is 0 Å². The van der Waals surface area contributed by atoms with Crippen LogP contribution in [0.25, 0.3) is 5.65 Å². The molecule has 1 saturated heterocycles. The summed E-state index contributed by atoms with van der Waals surface area (Å²) in [4.78, 5) is 7.31. The van der Waals surface area contributed by atoms with E-state index in [4.69, 9.17) is 4.98 Å². The van der Waals surface area contributed by atoms with Crippen LogP contribution in [0.15, 0.2) is 24.4 Å². The van der Waals surface area contributed by atoms with Crippen molar-refractivity contribution in [1.82, 2.24) is 9.38 Å². The molecule has 1 aliphatic heterocycles. The molecule has 4 heteroatoms. The molecule has 0 spiro atoms. The van der Waals surface area contributed by atoms with E-state index in [0.29, 0.717) is 6.04 Å². The maximum Gasteiger partial charge on any atom is 0.152 e. The first-order valence-electron chi connectivity index (χ1n) is 6.63. The first kappa shape index (κ1) is 12.0. The van der Waals surface area contributed by atoms with Gasteiger partial charge in [-0.25, -0.2) is 4.98 Å². The van der Waals surface area contributed by atoms with Crippen molar-refractivity contribution >= 4 is 27.4 Å². The van der Waals surface area contributed by atoms with Crippen LogP contribution in [0.4, 0.5) is 5.82 Å². The van der Waals surface area contributed by atoms with Crippen molar-refractivity contribution in [2.45, 2.75) is 37.6 Å². The standard InChI is InChI=1S/C14H18BrN3/c1-2-11-6-5-9-17(11)14-12(10-15)18-8-4-3-7-13(18)16-14/h3-4,7-8,11H,2,5-6,9-10H2,1H3. The van der Waals surface area contributed by atoms with E-state index in [1.54, 1.807) is 0 Å². The Labute approximate surface area is 116 Å². The number of hydrogen-bond donors (Lipinski definition) is 0. The smallest absolute Gasteiger partial charge is 0.152 e. The van der Waals surface area contributed by atoms with Gasteiger partial charge in [0.2, 0.25) is 0 Å². The maximum atomic E-state index is 4.82. The molecule has 3 heterocycles. The Morgan fingerprint density at radius 1 is 1.44 bits per heavy atom. The molecule has 0 aliphatic carbocycles. The fourth-order valence-corrected chi connectivity index (χ4v) is 3.45. The zero-order valence-corrected chi connectivity index (χ0v) is 12.2. The minimum absolute atomic E-state index is 0.660. The molecular weight excluding hydrogens is 290 g/mol. The van der Waals surface area contributed by atoms with Crippen LogP contribution in [0.3, 0.4) is 0 Å². The predicted molar refractivity (Wildman–Crippen MR) is 78.5 cm³/mol. The molecule has 3 rings (SSSR count). The Kier molecular flexibility index (Phi) is 3.29. The topological polar surface area (TPSA) is 20.5 Å². The summed E-state index contributed by atoms with van der Waals surface area (Å²) in [6, 6.07) is 6.84. The van der Waals surface area contributed by atoms with Gasteiger partial charge in [0.1, 0.15) is 5.65 Å². The van der Waals surface area contributed by atoms with Gasteiger partial charge in [0.15, 0.2) is 5.82 Å². The van der Waals surface area contributed by atoms with Crippen LogP contribution < -0.4 is 4.90 Å². The molecule has 1 atom stereocenters. The number of nitrogens with zero attached hydrogens (tertiary/aromatic N) is 3. The SMILES string of the molecule is CCC1CCCN1c1nc2ccccn2c1CBr. The Bertz CT molecular complexity index is 549. The highest BCUT2D eigenvalue weighted by molar-refractivity contribution is 9.08. The van der Waals surface area contributed by atoms with E-state index < -0.39 is 0 Å². The Morgan fingerprint density at radius 2 is 2.33 bits per heavy atom. The van der Waals surface area contributed by atoms with Gasteiger partial charge < -0.3 is 9.30 Å². The van der Waals surface area contributed by atoms with E-state index >= 15 is 0 Å². The van der Waals surface area contributed by atoms with E-state index in [0.717, 1.165) is 17.5 Å². The molecule has 2 aromatic rings. The van der Waals surface area contributed by atoms with E-state index in [9.17, 15) is 0 Å². The molecule has 0 bridgehead atoms. The van der Waals surface area contributed by atoms with Gasteiger partial charge in [-0.15, -0.1) is 0 Å². The first-order chi connectivity index (χ1) is 8.85. The number of fused-ring (bicyclic) bond motifs is 1.